The summed E-state index contributed by atoms with van der Waals surface area (Å²) in [6.45, 7) is 4.75. The lowest BCUT2D eigenvalue weighted by atomic mass is 9.92. The average molecular weight is 258 g/mol. The Labute approximate surface area is 117 Å². The number of hydrogen-bond acceptors (Lipinski definition) is 2. The topological polar surface area (TPSA) is 29.3 Å². The van der Waals surface area contributed by atoms with Gasteiger partial charge in [-0.25, -0.2) is 0 Å². The van der Waals surface area contributed by atoms with Crippen molar-refractivity contribution in [1.29, 1.82) is 0 Å². The second-order valence-corrected chi connectivity index (χ2v) is 6.53. The SMILES string of the molecule is CC1Cc2ccccc2N(CCC2CCCC2N)C1. The highest BCUT2D eigenvalue weighted by Crippen LogP contribution is 2.32. The predicted molar refractivity (Wildman–Crippen MR) is 81.5 cm³/mol. The molecule has 0 spiro atoms. The fourth-order valence-corrected chi connectivity index (χ4v) is 3.86. The lowest BCUT2D eigenvalue weighted by Crippen LogP contribution is -2.37. The summed E-state index contributed by atoms with van der Waals surface area (Å²) in [4.78, 5) is 2.59. The van der Waals surface area contributed by atoms with Crippen LogP contribution in [-0.2, 0) is 6.42 Å². The second-order valence-electron chi connectivity index (χ2n) is 6.53. The summed E-state index contributed by atoms with van der Waals surface area (Å²) in [7, 11) is 0. The van der Waals surface area contributed by atoms with E-state index in [2.05, 4.69) is 36.1 Å². The molecule has 3 rings (SSSR count). The zero-order valence-corrected chi connectivity index (χ0v) is 12.0. The van der Waals surface area contributed by atoms with Crippen LogP contribution in [-0.4, -0.2) is 19.1 Å². The van der Waals surface area contributed by atoms with Gasteiger partial charge in [-0.1, -0.05) is 31.5 Å². The molecule has 0 bridgehead atoms. The molecule has 1 aliphatic carbocycles. The van der Waals surface area contributed by atoms with Crippen LogP contribution in [0.4, 0.5) is 5.69 Å². The molecular weight excluding hydrogens is 232 g/mol. The van der Waals surface area contributed by atoms with Crippen LogP contribution in [0.25, 0.3) is 0 Å². The largest absolute Gasteiger partial charge is 0.371 e. The predicted octanol–water partition coefficient (Wildman–Crippen LogP) is 3.20. The van der Waals surface area contributed by atoms with Crippen molar-refractivity contribution in [3.8, 4) is 0 Å². The summed E-state index contributed by atoms with van der Waals surface area (Å²) < 4.78 is 0. The van der Waals surface area contributed by atoms with E-state index in [9.17, 15) is 0 Å². The number of anilines is 1. The minimum atomic E-state index is 0.456. The number of hydrogen-bond donors (Lipinski definition) is 1. The molecule has 3 unspecified atom stereocenters. The lowest BCUT2D eigenvalue weighted by molar-refractivity contribution is 0.432. The molecule has 0 aromatic heterocycles. The lowest BCUT2D eigenvalue weighted by Gasteiger charge is -2.35. The quantitative estimate of drug-likeness (QED) is 0.902. The van der Waals surface area contributed by atoms with Gasteiger partial charge < -0.3 is 10.6 Å². The van der Waals surface area contributed by atoms with Gasteiger partial charge in [-0.05, 0) is 49.1 Å². The Hall–Kier alpha value is -1.02. The van der Waals surface area contributed by atoms with E-state index in [0.29, 0.717) is 6.04 Å². The first kappa shape index (κ1) is 13.0. The van der Waals surface area contributed by atoms with E-state index in [1.54, 1.807) is 0 Å². The summed E-state index contributed by atoms with van der Waals surface area (Å²) in [6.07, 6.45) is 6.40. The number of rotatable bonds is 3. The van der Waals surface area contributed by atoms with Crippen LogP contribution in [0, 0.1) is 11.8 Å². The molecule has 2 heteroatoms. The van der Waals surface area contributed by atoms with Gasteiger partial charge in [-0.2, -0.15) is 0 Å². The van der Waals surface area contributed by atoms with Crippen LogP contribution in [0.5, 0.6) is 0 Å². The van der Waals surface area contributed by atoms with Gasteiger partial charge in [0.2, 0.25) is 0 Å². The van der Waals surface area contributed by atoms with Crippen LogP contribution in [0.3, 0.4) is 0 Å². The molecule has 1 aliphatic heterocycles. The highest BCUT2D eigenvalue weighted by molar-refractivity contribution is 5.55. The summed E-state index contributed by atoms with van der Waals surface area (Å²) in [5, 5.41) is 0. The van der Waals surface area contributed by atoms with Gasteiger partial charge >= 0.3 is 0 Å². The average Bonchev–Trinajstić information content (AvgIpc) is 2.81. The van der Waals surface area contributed by atoms with Crippen molar-refractivity contribution in [3.05, 3.63) is 29.8 Å². The van der Waals surface area contributed by atoms with Crippen molar-refractivity contribution >= 4 is 5.69 Å². The van der Waals surface area contributed by atoms with Crippen LogP contribution >= 0.6 is 0 Å². The van der Waals surface area contributed by atoms with E-state index >= 15 is 0 Å². The molecule has 0 amide bonds. The molecule has 104 valence electrons. The summed E-state index contributed by atoms with van der Waals surface area (Å²) in [5.74, 6) is 1.52. The minimum Gasteiger partial charge on any atom is -0.371 e. The van der Waals surface area contributed by atoms with Crippen molar-refractivity contribution < 1.29 is 0 Å². The number of nitrogens with zero attached hydrogens (tertiary/aromatic N) is 1. The van der Waals surface area contributed by atoms with Gasteiger partial charge in [-0.15, -0.1) is 0 Å². The summed E-state index contributed by atoms with van der Waals surface area (Å²) in [5.41, 5.74) is 9.19. The third-order valence-electron chi connectivity index (χ3n) is 4.92. The van der Waals surface area contributed by atoms with Gasteiger partial charge in [0.1, 0.15) is 0 Å². The van der Waals surface area contributed by atoms with Gasteiger partial charge in [0.25, 0.3) is 0 Å². The van der Waals surface area contributed by atoms with Crippen molar-refractivity contribution in [3.63, 3.8) is 0 Å². The van der Waals surface area contributed by atoms with E-state index in [0.717, 1.165) is 11.8 Å². The zero-order chi connectivity index (χ0) is 13.2. The first-order valence-electron chi connectivity index (χ1n) is 7.82. The maximum absolute atomic E-state index is 6.20. The fraction of sp³-hybridized carbons (Fsp3) is 0.647. The van der Waals surface area contributed by atoms with E-state index in [-0.39, 0.29) is 0 Å². The molecule has 1 aromatic carbocycles. The van der Waals surface area contributed by atoms with E-state index in [4.69, 9.17) is 5.73 Å². The molecule has 0 saturated heterocycles. The van der Waals surface area contributed by atoms with Crippen LogP contribution in [0.2, 0.25) is 0 Å². The molecule has 3 atom stereocenters. The molecule has 1 heterocycles. The van der Waals surface area contributed by atoms with Gasteiger partial charge in [0, 0.05) is 24.8 Å². The van der Waals surface area contributed by atoms with E-state index < -0.39 is 0 Å². The number of fused-ring (bicyclic) bond motifs is 1. The normalized spacial score (nSPS) is 30.4. The first-order valence-corrected chi connectivity index (χ1v) is 7.82. The van der Waals surface area contributed by atoms with E-state index in [1.807, 2.05) is 0 Å². The highest BCUT2D eigenvalue weighted by atomic mass is 15.1. The van der Waals surface area contributed by atoms with Gasteiger partial charge in [0.05, 0.1) is 0 Å². The third kappa shape index (κ3) is 2.79. The number of nitrogens with two attached hydrogens (primary N) is 1. The fourth-order valence-electron chi connectivity index (χ4n) is 3.86. The monoisotopic (exact) mass is 258 g/mol. The molecule has 0 radical (unpaired) electrons. The Morgan fingerprint density at radius 2 is 2.11 bits per heavy atom. The molecule has 1 saturated carbocycles. The van der Waals surface area contributed by atoms with Crippen molar-refractivity contribution in [1.82, 2.24) is 0 Å². The molecule has 1 aromatic rings. The van der Waals surface area contributed by atoms with Crippen LogP contribution in [0.1, 0.15) is 38.2 Å². The van der Waals surface area contributed by atoms with Crippen molar-refractivity contribution in [2.24, 2.45) is 17.6 Å². The third-order valence-corrected chi connectivity index (χ3v) is 4.92. The Morgan fingerprint density at radius 1 is 1.26 bits per heavy atom. The molecule has 2 N–H and O–H groups in total. The van der Waals surface area contributed by atoms with E-state index in [1.165, 1.54) is 56.4 Å². The number of benzene rings is 1. The number of para-hydroxylation sites is 1. The summed E-state index contributed by atoms with van der Waals surface area (Å²) >= 11 is 0. The van der Waals surface area contributed by atoms with Gasteiger partial charge in [-0.3, -0.25) is 0 Å². The Balaban J connectivity index is 1.67. The Bertz CT molecular complexity index is 429. The maximum atomic E-state index is 6.20. The standard InChI is InChI=1S/C17H26N2/c1-13-11-15-5-2-3-8-17(15)19(12-13)10-9-14-6-4-7-16(14)18/h2-3,5,8,13-14,16H,4,6-7,9-12,18H2,1H3. The Kier molecular flexibility index (Phi) is 3.79. The molecule has 1 fully saturated rings. The van der Waals surface area contributed by atoms with Crippen molar-refractivity contribution in [2.45, 2.75) is 45.1 Å². The first-order chi connectivity index (χ1) is 9.24. The van der Waals surface area contributed by atoms with Crippen molar-refractivity contribution in [2.75, 3.05) is 18.0 Å². The summed E-state index contributed by atoms with van der Waals surface area (Å²) in [6, 6.07) is 9.37. The molecule has 2 aliphatic rings. The minimum absolute atomic E-state index is 0.456. The second kappa shape index (κ2) is 5.54. The Morgan fingerprint density at radius 3 is 2.89 bits per heavy atom. The maximum Gasteiger partial charge on any atom is 0.0398 e. The highest BCUT2D eigenvalue weighted by Gasteiger charge is 2.26. The molecular formula is C17H26N2. The zero-order valence-electron chi connectivity index (χ0n) is 12.0. The van der Waals surface area contributed by atoms with Gasteiger partial charge in [0.15, 0.2) is 0 Å². The smallest absolute Gasteiger partial charge is 0.0398 e. The molecule has 2 nitrogen and oxygen atoms in total. The molecule has 19 heavy (non-hydrogen) atoms. The van der Waals surface area contributed by atoms with Crippen LogP contribution < -0.4 is 10.6 Å². The van der Waals surface area contributed by atoms with Crippen LogP contribution in [0.15, 0.2) is 24.3 Å².